The number of benzene rings is 2. The number of likely N-dealkylation sites (tertiary alicyclic amines) is 1. The lowest BCUT2D eigenvalue weighted by Gasteiger charge is -2.45. The van der Waals surface area contributed by atoms with Crippen LogP contribution in [0.5, 0.6) is 0 Å². The van der Waals surface area contributed by atoms with Crippen LogP contribution in [-0.4, -0.2) is 48.6 Å². The highest BCUT2D eigenvalue weighted by atomic mass is 35.5. The van der Waals surface area contributed by atoms with Crippen molar-refractivity contribution in [2.75, 3.05) is 25.6 Å². The second-order valence-corrected chi connectivity index (χ2v) is 11.3. The molecule has 1 aliphatic heterocycles. The van der Waals surface area contributed by atoms with Gasteiger partial charge >= 0.3 is 5.97 Å². The molecular weight excluding hydrogens is 501 g/mol. The standard InChI is InChI=1S/C27H27ClFN3O3S/c1-16-30-23(24(36-16)17-4-7-19(29)8-5-17)25(33)32-13-12-27(10-11-27)15-22(32)31(2)21-9-6-18(28)14-20(21)26(34)35-3/h4-9,14,22H,10-13,15H2,1-3H3. The maximum Gasteiger partial charge on any atom is 0.340 e. The summed E-state index contributed by atoms with van der Waals surface area (Å²) in [5.74, 6) is -0.979. The Balaban J connectivity index is 1.53. The number of hydrogen-bond acceptors (Lipinski definition) is 6. The van der Waals surface area contributed by atoms with Crippen molar-refractivity contribution in [2.45, 2.75) is 38.8 Å². The Labute approximate surface area is 218 Å². The fourth-order valence-corrected chi connectivity index (χ4v) is 6.16. The van der Waals surface area contributed by atoms with Gasteiger partial charge in [0.25, 0.3) is 5.91 Å². The lowest BCUT2D eigenvalue weighted by atomic mass is 9.90. The van der Waals surface area contributed by atoms with E-state index in [2.05, 4.69) is 4.98 Å². The molecule has 1 saturated heterocycles. The first-order valence-electron chi connectivity index (χ1n) is 11.9. The van der Waals surface area contributed by atoms with Crippen LogP contribution >= 0.6 is 22.9 Å². The molecule has 1 aromatic heterocycles. The predicted molar refractivity (Wildman–Crippen MR) is 139 cm³/mol. The Morgan fingerprint density at radius 3 is 2.58 bits per heavy atom. The number of rotatable bonds is 5. The van der Waals surface area contributed by atoms with Crippen molar-refractivity contribution in [3.8, 4) is 10.4 Å². The van der Waals surface area contributed by atoms with E-state index in [0.717, 1.165) is 41.1 Å². The summed E-state index contributed by atoms with van der Waals surface area (Å²) >= 11 is 7.61. The number of carbonyl (C=O) groups excluding carboxylic acids is 2. The summed E-state index contributed by atoms with van der Waals surface area (Å²) in [5.41, 5.74) is 2.37. The molecule has 9 heteroatoms. The minimum Gasteiger partial charge on any atom is -0.465 e. The van der Waals surface area contributed by atoms with E-state index in [-0.39, 0.29) is 23.3 Å². The molecule has 2 aliphatic rings. The molecule has 2 fully saturated rings. The van der Waals surface area contributed by atoms with Gasteiger partial charge in [0, 0.05) is 18.6 Å². The number of amides is 1. The quantitative estimate of drug-likeness (QED) is 0.371. The maximum atomic E-state index is 14.0. The lowest BCUT2D eigenvalue weighted by Crippen LogP contribution is -2.55. The van der Waals surface area contributed by atoms with Crippen LogP contribution in [-0.2, 0) is 4.74 Å². The summed E-state index contributed by atoms with van der Waals surface area (Å²) in [4.78, 5) is 35.8. The first-order valence-corrected chi connectivity index (χ1v) is 13.1. The molecular formula is C27H27ClFN3O3S. The fraction of sp³-hybridized carbons (Fsp3) is 0.370. The topological polar surface area (TPSA) is 62.7 Å². The molecule has 1 spiro atoms. The molecule has 5 rings (SSSR count). The first-order chi connectivity index (χ1) is 17.2. The highest BCUT2D eigenvalue weighted by Gasteiger charge is 2.50. The molecule has 2 heterocycles. The number of ether oxygens (including phenoxy) is 1. The molecule has 2 aromatic carbocycles. The number of aryl methyl sites for hydroxylation is 1. The number of piperidine rings is 1. The largest absolute Gasteiger partial charge is 0.465 e. The summed E-state index contributed by atoms with van der Waals surface area (Å²) in [6.07, 6.45) is 3.73. The number of anilines is 1. The Kier molecular flexibility index (Phi) is 6.51. The minimum atomic E-state index is -0.483. The number of nitrogens with zero attached hydrogens (tertiary/aromatic N) is 3. The summed E-state index contributed by atoms with van der Waals surface area (Å²) in [6.45, 7) is 2.46. The van der Waals surface area contributed by atoms with Gasteiger partial charge in [0.05, 0.1) is 28.2 Å². The first kappa shape index (κ1) is 24.7. The lowest BCUT2D eigenvalue weighted by molar-refractivity contribution is 0.0521. The minimum absolute atomic E-state index is 0.167. The molecule has 1 unspecified atom stereocenters. The van der Waals surface area contributed by atoms with Crippen molar-refractivity contribution in [2.24, 2.45) is 5.41 Å². The summed E-state index contributed by atoms with van der Waals surface area (Å²) in [7, 11) is 3.24. The van der Waals surface area contributed by atoms with E-state index in [9.17, 15) is 14.0 Å². The third kappa shape index (κ3) is 4.60. The van der Waals surface area contributed by atoms with E-state index in [1.165, 1.54) is 30.6 Å². The zero-order valence-corrected chi connectivity index (χ0v) is 22.0. The molecule has 1 amide bonds. The van der Waals surface area contributed by atoms with Crippen molar-refractivity contribution >= 4 is 40.5 Å². The number of aromatic nitrogens is 1. The third-order valence-corrected chi connectivity index (χ3v) is 8.57. The van der Waals surface area contributed by atoms with Gasteiger partial charge in [0.15, 0.2) is 0 Å². The van der Waals surface area contributed by atoms with Crippen LogP contribution in [0.1, 0.15) is 51.5 Å². The highest BCUT2D eigenvalue weighted by molar-refractivity contribution is 7.15. The van der Waals surface area contributed by atoms with Crippen LogP contribution < -0.4 is 4.90 Å². The van der Waals surface area contributed by atoms with E-state index >= 15 is 0 Å². The van der Waals surface area contributed by atoms with Crippen LogP contribution in [0.25, 0.3) is 10.4 Å². The molecule has 36 heavy (non-hydrogen) atoms. The van der Waals surface area contributed by atoms with Gasteiger partial charge in [-0.15, -0.1) is 11.3 Å². The summed E-state index contributed by atoms with van der Waals surface area (Å²) in [6, 6.07) is 11.3. The Bertz CT molecular complexity index is 1320. The van der Waals surface area contributed by atoms with Crippen LogP contribution in [0.4, 0.5) is 10.1 Å². The van der Waals surface area contributed by atoms with Crippen molar-refractivity contribution in [1.29, 1.82) is 0 Å². The number of thiazole rings is 1. The second-order valence-electron chi connectivity index (χ2n) is 9.61. The molecule has 3 aromatic rings. The fourth-order valence-electron chi connectivity index (χ4n) is 5.07. The number of carbonyl (C=O) groups is 2. The van der Waals surface area contributed by atoms with Crippen molar-refractivity contribution in [3.05, 3.63) is 69.6 Å². The van der Waals surface area contributed by atoms with E-state index in [1.54, 1.807) is 30.3 Å². The number of halogens is 2. The van der Waals surface area contributed by atoms with Crippen LogP contribution in [0.2, 0.25) is 5.02 Å². The monoisotopic (exact) mass is 527 g/mol. The molecule has 1 aliphatic carbocycles. The van der Waals surface area contributed by atoms with Crippen molar-refractivity contribution in [3.63, 3.8) is 0 Å². The van der Waals surface area contributed by atoms with Crippen LogP contribution in [0.3, 0.4) is 0 Å². The zero-order chi connectivity index (χ0) is 25.6. The molecule has 6 nitrogen and oxygen atoms in total. The maximum absolute atomic E-state index is 14.0. The average Bonchev–Trinajstić information content (AvgIpc) is 3.51. The van der Waals surface area contributed by atoms with Gasteiger partial charge in [-0.25, -0.2) is 14.2 Å². The van der Waals surface area contributed by atoms with Gasteiger partial charge in [-0.05, 0) is 73.9 Å². The third-order valence-electron chi connectivity index (χ3n) is 7.31. The number of esters is 1. The smallest absolute Gasteiger partial charge is 0.340 e. The average molecular weight is 528 g/mol. The van der Waals surface area contributed by atoms with Gasteiger partial charge < -0.3 is 14.5 Å². The molecule has 0 radical (unpaired) electrons. The van der Waals surface area contributed by atoms with Gasteiger partial charge in [0.1, 0.15) is 17.7 Å². The van der Waals surface area contributed by atoms with E-state index in [0.29, 0.717) is 28.5 Å². The Hall–Kier alpha value is -2.97. The second kappa shape index (κ2) is 9.48. The zero-order valence-electron chi connectivity index (χ0n) is 20.4. The van der Waals surface area contributed by atoms with Crippen LogP contribution in [0, 0.1) is 18.2 Å². The van der Waals surface area contributed by atoms with Gasteiger partial charge in [-0.3, -0.25) is 4.79 Å². The molecule has 188 valence electrons. The summed E-state index contributed by atoms with van der Waals surface area (Å²) < 4.78 is 18.5. The Morgan fingerprint density at radius 2 is 1.92 bits per heavy atom. The summed E-state index contributed by atoms with van der Waals surface area (Å²) in [5, 5.41) is 1.20. The molecule has 0 N–H and O–H groups in total. The molecule has 0 bridgehead atoms. The Morgan fingerprint density at radius 1 is 1.19 bits per heavy atom. The molecule has 1 atom stereocenters. The van der Waals surface area contributed by atoms with Crippen LogP contribution in [0.15, 0.2) is 42.5 Å². The van der Waals surface area contributed by atoms with Gasteiger partial charge in [-0.1, -0.05) is 23.7 Å². The molecule has 1 saturated carbocycles. The van der Waals surface area contributed by atoms with E-state index < -0.39 is 5.97 Å². The van der Waals surface area contributed by atoms with Gasteiger partial charge in [0.2, 0.25) is 0 Å². The van der Waals surface area contributed by atoms with E-state index in [4.69, 9.17) is 16.3 Å². The van der Waals surface area contributed by atoms with Crippen molar-refractivity contribution in [1.82, 2.24) is 9.88 Å². The SMILES string of the molecule is COC(=O)c1cc(Cl)ccc1N(C)C1CC2(CCN1C(=O)c1nc(C)sc1-c1ccc(F)cc1)CC2. The van der Waals surface area contributed by atoms with Gasteiger partial charge in [-0.2, -0.15) is 0 Å². The van der Waals surface area contributed by atoms with Crippen molar-refractivity contribution < 1.29 is 18.7 Å². The number of methoxy groups -OCH3 is 1. The normalized spacial score (nSPS) is 18.2. The van der Waals surface area contributed by atoms with E-state index in [1.807, 2.05) is 23.8 Å². The predicted octanol–water partition coefficient (Wildman–Crippen LogP) is 6.18. The number of hydrogen-bond donors (Lipinski definition) is 0. The highest BCUT2D eigenvalue weighted by Crippen LogP contribution is 2.56.